The number of aryl methyl sites for hydroxylation is 1. The predicted molar refractivity (Wildman–Crippen MR) is 123 cm³/mol. The Morgan fingerprint density at radius 3 is 2.44 bits per heavy atom. The first-order chi connectivity index (χ1) is 16.4. The largest absolute Gasteiger partial charge is 0.337 e. The first-order valence-electron chi connectivity index (χ1n) is 12.3. The Morgan fingerprint density at radius 1 is 1.09 bits per heavy atom. The number of nitrogens with zero attached hydrogens (tertiary/aromatic N) is 2. The fourth-order valence-corrected chi connectivity index (χ4v) is 5.25. The Bertz CT molecular complexity index is 1180. The maximum Gasteiger partial charge on any atom is 0.240 e. The van der Waals surface area contributed by atoms with Crippen LogP contribution in [-0.2, 0) is 21.4 Å². The van der Waals surface area contributed by atoms with Crippen molar-refractivity contribution < 1.29 is 21.7 Å². The van der Waals surface area contributed by atoms with Gasteiger partial charge in [0, 0.05) is 28.5 Å². The van der Waals surface area contributed by atoms with Gasteiger partial charge >= 0.3 is 0 Å². The molecule has 0 unspecified atom stereocenters. The van der Waals surface area contributed by atoms with E-state index in [1.807, 2.05) is 12.1 Å². The molecule has 1 amide bonds. The van der Waals surface area contributed by atoms with Gasteiger partial charge in [-0.25, -0.2) is 12.8 Å². The molecule has 6 nitrogen and oxygen atoms in total. The molecule has 0 aromatic heterocycles. The number of hydrogen-bond donors (Lipinski definition) is 1. The molecule has 0 aliphatic carbocycles. The summed E-state index contributed by atoms with van der Waals surface area (Å²) in [5.74, 6) is -0.274. The van der Waals surface area contributed by atoms with Crippen LogP contribution in [0, 0.1) is 12.7 Å². The van der Waals surface area contributed by atoms with Gasteiger partial charge in [0.1, 0.15) is 5.82 Å². The van der Waals surface area contributed by atoms with Crippen molar-refractivity contribution in [3.63, 3.8) is 0 Å². The van der Waals surface area contributed by atoms with E-state index >= 15 is 0 Å². The Kier molecular flexibility index (Phi) is 5.48. The summed E-state index contributed by atoms with van der Waals surface area (Å²) in [6, 6.07) is 11.1. The van der Waals surface area contributed by atoms with Crippen LogP contribution < -0.4 is 4.72 Å². The topological polar surface area (TPSA) is 69.7 Å². The number of piperidine rings is 1. The zero-order valence-electron chi connectivity index (χ0n) is 21.1. The first-order valence-corrected chi connectivity index (χ1v) is 12.7. The lowest BCUT2D eigenvalue weighted by molar-refractivity contribution is -0.133. The zero-order valence-corrected chi connectivity index (χ0v) is 18.9. The molecule has 0 spiro atoms. The average molecular weight is 463 g/mol. The quantitative estimate of drug-likeness (QED) is 0.714. The first kappa shape index (κ1) is 19.1. The minimum absolute atomic E-state index is 0.0149. The Labute approximate surface area is 193 Å². The minimum Gasteiger partial charge on any atom is -0.337 e. The van der Waals surface area contributed by atoms with E-state index in [0.717, 1.165) is 43.8 Å². The van der Waals surface area contributed by atoms with E-state index in [4.69, 9.17) is 4.11 Å². The summed E-state index contributed by atoms with van der Waals surface area (Å²) in [4.78, 5) is 16.9. The lowest BCUT2D eigenvalue weighted by Gasteiger charge is -2.35. The van der Waals surface area contributed by atoms with Crippen molar-refractivity contribution in [3.05, 3.63) is 65.0 Å². The van der Waals surface area contributed by atoms with Gasteiger partial charge in [0.15, 0.2) is 0 Å². The van der Waals surface area contributed by atoms with Gasteiger partial charge in [-0.3, -0.25) is 14.4 Å². The Hall–Kier alpha value is -2.45. The molecule has 2 aliphatic heterocycles. The molecule has 1 atom stereocenters. The molecule has 0 radical (unpaired) electrons. The van der Waals surface area contributed by atoms with Crippen molar-refractivity contribution in [2.75, 3.05) is 30.6 Å². The highest BCUT2D eigenvalue weighted by Crippen LogP contribution is 2.32. The van der Waals surface area contributed by atoms with E-state index in [1.54, 1.807) is 17.0 Å². The van der Waals surface area contributed by atoms with Gasteiger partial charge in [0.05, 0.1) is 12.3 Å². The lowest BCUT2D eigenvalue weighted by atomic mass is 9.88. The van der Waals surface area contributed by atoms with Crippen molar-refractivity contribution >= 4 is 21.6 Å². The second-order valence-corrected chi connectivity index (χ2v) is 10.4. The molecule has 172 valence electrons. The van der Waals surface area contributed by atoms with Crippen LogP contribution >= 0.6 is 0 Å². The number of benzene rings is 2. The smallest absolute Gasteiger partial charge is 0.240 e. The SMILES string of the molecule is [2H]C([2H])([2H])c1ccc(CN2CC[C@@H](N3CCC(c4ccc(NS(C)(=O)=O)cc4)CC3)C2=O)c(F)c1. The second kappa shape index (κ2) is 9.19. The number of hydrogen-bond acceptors (Lipinski definition) is 4. The highest BCUT2D eigenvalue weighted by molar-refractivity contribution is 7.92. The minimum atomic E-state index is -3.31. The summed E-state index contributed by atoms with van der Waals surface area (Å²) in [6.45, 7) is -0.139. The number of rotatable bonds is 6. The molecule has 1 N–H and O–H groups in total. The van der Waals surface area contributed by atoms with E-state index in [1.165, 1.54) is 12.1 Å². The maximum atomic E-state index is 14.5. The zero-order chi connectivity index (χ0) is 25.4. The number of anilines is 1. The summed E-state index contributed by atoms with van der Waals surface area (Å²) in [5.41, 5.74) is 1.96. The van der Waals surface area contributed by atoms with Crippen molar-refractivity contribution in [2.45, 2.75) is 44.6 Å². The monoisotopic (exact) mass is 462 g/mol. The summed E-state index contributed by atoms with van der Waals surface area (Å²) >= 11 is 0. The van der Waals surface area contributed by atoms with Crippen LogP contribution in [0.1, 0.15) is 46.0 Å². The molecular weight excluding hydrogens is 429 g/mol. The number of likely N-dealkylation sites (tertiary alicyclic amines) is 2. The molecule has 8 heteroatoms. The van der Waals surface area contributed by atoms with Crippen molar-refractivity contribution in [1.29, 1.82) is 0 Å². The second-order valence-electron chi connectivity index (χ2n) is 8.68. The molecule has 4 rings (SSSR count). The van der Waals surface area contributed by atoms with E-state index < -0.39 is 22.7 Å². The number of nitrogens with one attached hydrogen (secondary N) is 1. The van der Waals surface area contributed by atoms with Gasteiger partial charge in [-0.15, -0.1) is 0 Å². The fourth-order valence-electron chi connectivity index (χ4n) is 4.68. The number of carbonyl (C=O) groups is 1. The summed E-state index contributed by atoms with van der Waals surface area (Å²) in [7, 11) is -3.31. The van der Waals surface area contributed by atoms with Crippen LogP contribution in [0.25, 0.3) is 0 Å². The van der Waals surface area contributed by atoms with Gasteiger partial charge in [0.2, 0.25) is 15.9 Å². The normalized spacial score (nSPS) is 22.4. The van der Waals surface area contributed by atoms with Gasteiger partial charge < -0.3 is 4.90 Å². The Morgan fingerprint density at radius 2 is 1.81 bits per heavy atom. The molecule has 0 saturated carbocycles. The standard InChI is InChI=1S/C24H30FN3O3S/c1-17-3-4-20(22(25)15-17)16-28-14-11-23(24(28)29)27-12-9-19(10-13-27)18-5-7-21(8-6-18)26-32(2,30)31/h3-8,15,19,23,26H,9-14,16H2,1-2H3/t23-/m1/s1/i1D3. The van der Waals surface area contributed by atoms with Crippen molar-refractivity contribution in [3.8, 4) is 0 Å². The third-order valence-electron chi connectivity index (χ3n) is 6.34. The van der Waals surface area contributed by atoms with Gasteiger partial charge in [-0.05, 0) is 74.4 Å². The average Bonchev–Trinajstić information content (AvgIpc) is 3.14. The molecule has 2 aliphatic rings. The number of sulfonamides is 1. The van der Waals surface area contributed by atoms with Crippen LogP contribution in [0.5, 0.6) is 0 Å². The van der Waals surface area contributed by atoms with Crippen LogP contribution in [0.4, 0.5) is 10.1 Å². The van der Waals surface area contributed by atoms with Gasteiger partial charge in [-0.2, -0.15) is 0 Å². The molecule has 2 heterocycles. The van der Waals surface area contributed by atoms with E-state index in [2.05, 4.69) is 9.62 Å². The fraction of sp³-hybridized carbons (Fsp3) is 0.458. The number of amides is 1. The molecule has 2 aromatic carbocycles. The van der Waals surface area contributed by atoms with E-state index in [-0.39, 0.29) is 24.1 Å². The molecule has 0 bridgehead atoms. The summed E-state index contributed by atoms with van der Waals surface area (Å²) < 4.78 is 62.0. The predicted octanol–water partition coefficient (Wildman–Crippen LogP) is 3.49. The maximum absolute atomic E-state index is 14.5. The van der Waals surface area contributed by atoms with Crippen LogP contribution in [0.3, 0.4) is 0 Å². The van der Waals surface area contributed by atoms with E-state index in [9.17, 15) is 17.6 Å². The van der Waals surface area contributed by atoms with Gasteiger partial charge in [-0.1, -0.05) is 24.3 Å². The molecule has 2 fully saturated rings. The molecular formula is C24H30FN3O3S. The summed E-state index contributed by atoms with van der Waals surface area (Å²) in [5, 5.41) is 0. The van der Waals surface area contributed by atoms with Crippen molar-refractivity contribution in [2.24, 2.45) is 0 Å². The van der Waals surface area contributed by atoms with Crippen molar-refractivity contribution in [1.82, 2.24) is 9.80 Å². The lowest BCUT2D eigenvalue weighted by Crippen LogP contribution is -2.45. The third kappa shape index (κ3) is 5.30. The Balaban J connectivity index is 1.32. The third-order valence-corrected chi connectivity index (χ3v) is 6.95. The van der Waals surface area contributed by atoms with Crippen LogP contribution in [0.15, 0.2) is 42.5 Å². The highest BCUT2D eigenvalue weighted by Gasteiger charge is 2.37. The number of halogens is 1. The van der Waals surface area contributed by atoms with Crippen LogP contribution in [0.2, 0.25) is 0 Å². The van der Waals surface area contributed by atoms with E-state index in [0.29, 0.717) is 30.1 Å². The molecule has 2 aromatic rings. The van der Waals surface area contributed by atoms with Crippen LogP contribution in [-0.4, -0.2) is 56.1 Å². The highest BCUT2D eigenvalue weighted by atomic mass is 32.2. The summed E-state index contributed by atoms with van der Waals surface area (Å²) in [6.07, 6.45) is 3.60. The molecule has 32 heavy (non-hydrogen) atoms. The van der Waals surface area contributed by atoms with Gasteiger partial charge in [0.25, 0.3) is 0 Å². The molecule has 2 saturated heterocycles. The number of carbonyl (C=O) groups excluding carboxylic acids is 1.